The second-order valence-electron chi connectivity index (χ2n) is 4.68. The monoisotopic (exact) mass is 240 g/mol. The van der Waals surface area contributed by atoms with Crippen LogP contribution in [0.2, 0.25) is 0 Å². The molecule has 0 nitrogen and oxygen atoms in total. The zero-order chi connectivity index (χ0) is 11.8. The van der Waals surface area contributed by atoms with Gasteiger partial charge in [-0.25, -0.2) is 0 Å². The molecular weight excluding hydrogens is 213 g/mol. The first-order chi connectivity index (χ1) is 6.96. The van der Waals surface area contributed by atoms with Crippen molar-refractivity contribution in [1.82, 2.24) is 0 Å². The van der Waals surface area contributed by atoms with Crippen LogP contribution in [0.1, 0.15) is 59.3 Å². The van der Waals surface area contributed by atoms with E-state index >= 15 is 0 Å². The Bertz CT molecular complexity index is 140. The van der Waals surface area contributed by atoms with E-state index in [9.17, 15) is 8.39 Å². The average molecular weight is 240 g/mol. The van der Waals surface area contributed by atoms with Crippen LogP contribution in [0.3, 0.4) is 0 Å². The van der Waals surface area contributed by atoms with E-state index < -0.39 is 7.22 Å². The van der Waals surface area contributed by atoms with Gasteiger partial charge in [0.15, 0.2) is 0 Å². The van der Waals surface area contributed by atoms with E-state index in [-0.39, 0.29) is 18.5 Å². The summed E-state index contributed by atoms with van der Waals surface area (Å²) in [6.45, 7) is 5.99. The quantitative estimate of drug-likeness (QED) is 0.453. The Balaban J connectivity index is 4.33. The molecule has 0 aliphatic carbocycles. The first-order valence-corrected chi connectivity index (χ1v) is 8.98. The minimum absolute atomic E-state index is 0.210. The van der Waals surface area contributed by atoms with Crippen molar-refractivity contribution in [2.75, 3.05) is 18.5 Å². The number of hydrogen-bond acceptors (Lipinski definition) is 0. The molecule has 94 valence electrons. The van der Waals surface area contributed by atoms with Crippen molar-refractivity contribution >= 4 is 7.22 Å². The molecule has 3 heteroatoms. The molecule has 0 amide bonds. The Morgan fingerprint density at radius 3 is 1.13 bits per heavy atom. The predicted molar refractivity (Wildman–Crippen MR) is 68.5 cm³/mol. The molecule has 0 aromatic heterocycles. The van der Waals surface area contributed by atoms with Crippen molar-refractivity contribution in [2.45, 2.75) is 59.3 Å². The van der Waals surface area contributed by atoms with Gasteiger partial charge in [-0.05, 0) is 0 Å². The van der Waals surface area contributed by atoms with Gasteiger partial charge < -0.3 is 0 Å². The Hall–Kier alpha value is 0.290. The van der Waals surface area contributed by atoms with Gasteiger partial charge in [0.25, 0.3) is 0 Å². The normalized spacial score (nSPS) is 14.9. The van der Waals surface area contributed by atoms with E-state index in [0.29, 0.717) is 19.3 Å². The van der Waals surface area contributed by atoms with Gasteiger partial charge in [0.1, 0.15) is 0 Å². The Kier molecular flexibility index (Phi) is 6.91. The average Bonchev–Trinajstić information content (AvgIpc) is 2.22. The molecule has 0 saturated heterocycles. The molecule has 0 radical (unpaired) electrons. The standard InChI is InChI=1S/C12H27F2P/c1-4-7-10-15(13,14,11-8-5-2)12-9-6-3/h4-12H2,1-3H3. The molecule has 0 atom stereocenters. The first-order valence-electron chi connectivity index (χ1n) is 6.41. The van der Waals surface area contributed by atoms with Gasteiger partial charge in [-0.15, -0.1) is 0 Å². The molecule has 0 bridgehead atoms. The third-order valence-corrected chi connectivity index (χ3v) is 6.85. The third-order valence-electron chi connectivity index (χ3n) is 2.99. The van der Waals surface area contributed by atoms with Crippen LogP contribution in [-0.2, 0) is 0 Å². The van der Waals surface area contributed by atoms with Crippen LogP contribution >= 0.6 is 7.22 Å². The zero-order valence-electron chi connectivity index (χ0n) is 10.6. The number of hydrogen-bond donors (Lipinski definition) is 0. The molecular formula is C12H27F2P. The minimum atomic E-state index is -4.28. The fraction of sp³-hybridized carbons (Fsp3) is 1.00. The van der Waals surface area contributed by atoms with E-state index in [4.69, 9.17) is 0 Å². The molecule has 0 aliphatic heterocycles. The summed E-state index contributed by atoms with van der Waals surface area (Å²) in [7, 11) is -4.28. The number of halogens is 2. The van der Waals surface area contributed by atoms with Gasteiger partial charge in [0.2, 0.25) is 0 Å². The molecule has 0 saturated carbocycles. The summed E-state index contributed by atoms with van der Waals surface area (Å²) in [5.74, 6) is 0. The Morgan fingerprint density at radius 1 is 0.667 bits per heavy atom. The van der Waals surface area contributed by atoms with Crippen molar-refractivity contribution in [3.05, 3.63) is 0 Å². The van der Waals surface area contributed by atoms with Crippen molar-refractivity contribution < 1.29 is 8.39 Å². The maximum absolute atomic E-state index is 14.5. The summed E-state index contributed by atoms with van der Waals surface area (Å²) in [4.78, 5) is 0. The van der Waals surface area contributed by atoms with E-state index in [1.165, 1.54) is 0 Å². The molecule has 0 rings (SSSR count). The fourth-order valence-electron chi connectivity index (χ4n) is 1.84. The molecule has 0 N–H and O–H groups in total. The summed E-state index contributed by atoms with van der Waals surface area (Å²) in [5, 5.41) is 0. The van der Waals surface area contributed by atoms with Crippen LogP contribution < -0.4 is 0 Å². The van der Waals surface area contributed by atoms with E-state index in [2.05, 4.69) is 0 Å². The van der Waals surface area contributed by atoms with Gasteiger partial charge in [-0.3, -0.25) is 0 Å². The van der Waals surface area contributed by atoms with Crippen LogP contribution in [0.5, 0.6) is 0 Å². The summed E-state index contributed by atoms with van der Waals surface area (Å²) in [5.41, 5.74) is 0. The van der Waals surface area contributed by atoms with E-state index in [1.807, 2.05) is 20.8 Å². The van der Waals surface area contributed by atoms with Crippen molar-refractivity contribution in [3.63, 3.8) is 0 Å². The fourth-order valence-corrected chi connectivity index (χ4v) is 5.52. The summed E-state index contributed by atoms with van der Waals surface area (Å²) < 4.78 is 29.0. The van der Waals surface area contributed by atoms with Gasteiger partial charge in [-0.1, -0.05) is 0 Å². The van der Waals surface area contributed by atoms with Gasteiger partial charge in [0, 0.05) is 0 Å². The topological polar surface area (TPSA) is 0 Å². The van der Waals surface area contributed by atoms with Crippen LogP contribution in [0.4, 0.5) is 8.39 Å². The summed E-state index contributed by atoms with van der Waals surface area (Å²) >= 11 is 0. The van der Waals surface area contributed by atoms with Crippen molar-refractivity contribution in [3.8, 4) is 0 Å². The zero-order valence-corrected chi connectivity index (χ0v) is 11.5. The summed E-state index contributed by atoms with van der Waals surface area (Å²) in [6.07, 6.45) is 5.43. The SMILES string of the molecule is CCCCP(F)(F)(CCCC)CCCC. The summed E-state index contributed by atoms with van der Waals surface area (Å²) in [6, 6.07) is 0. The second kappa shape index (κ2) is 6.78. The molecule has 0 spiro atoms. The molecule has 0 aromatic rings. The predicted octanol–water partition coefficient (Wildman–Crippen LogP) is 5.71. The Labute approximate surface area is 94.0 Å². The molecule has 0 unspecified atom stereocenters. The van der Waals surface area contributed by atoms with Crippen LogP contribution in [-0.4, -0.2) is 18.5 Å². The number of unbranched alkanes of at least 4 members (excludes halogenated alkanes) is 3. The maximum atomic E-state index is 14.5. The van der Waals surface area contributed by atoms with E-state index in [0.717, 1.165) is 19.3 Å². The molecule has 0 aliphatic rings. The molecule has 0 aromatic carbocycles. The van der Waals surface area contributed by atoms with Crippen LogP contribution in [0.15, 0.2) is 0 Å². The van der Waals surface area contributed by atoms with Gasteiger partial charge >= 0.3 is 93.4 Å². The Morgan fingerprint density at radius 2 is 0.933 bits per heavy atom. The van der Waals surface area contributed by atoms with Gasteiger partial charge in [0.05, 0.1) is 0 Å². The van der Waals surface area contributed by atoms with Crippen LogP contribution in [0.25, 0.3) is 0 Å². The molecule has 15 heavy (non-hydrogen) atoms. The van der Waals surface area contributed by atoms with Crippen molar-refractivity contribution in [2.24, 2.45) is 0 Å². The number of rotatable bonds is 9. The van der Waals surface area contributed by atoms with E-state index in [1.54, 1.807) is 0 Å². The first kappa shape index (κ1) is 15.3. The van der Waals surface area contributed by atoms with Crippen LogP contribution in [0, 0.1) is 0 Å². The second-order valence-corrected chi connectivity index (χ2v) is 8.93. The molecule has 0 fully saturated rings. The third kappa shape index (κ3) is 6.45. The van der Waals surface area contributed by atoms with Crippen molar-refractivity contribution in [1.29, 1.82) is 0 Å². The molecule has 0 heterocycles. The van der Waals surface area contributed by atoms with Gasteiger partial charge in [-0.2, -0.15) is 0 Å².